The van der Waals surface area contributed by atoms with E-state index in [4.69, 9.17) is 0 Å². The minimum Gasteiger partial charge on any atom is -0.0654 e. The second kappa shape index (κ2) is 12.0. The Morgan fingerprint density at radius 1 is 0.700 bits per heavy atom. The highest BCUT2D eigenvalue weighted by molar-refractivity contribution is 5.14. The molecule has 0 saturated heterocycles. The fourth-order valence-corrected chi connectivity index (χ4v) is 3.04. The molecule has 1 aromatic rings. The van der Waals surface area contributed by atoms with Crippen LogP contribution < -0.4 is 0 Å². The second-order valence-electron chi connectivity index (χ2n) is 6.24. The minimum absolute atomic E-state index is 0.983. The van der Waals surface area contributed by atoms with Gasteiger partial charge in [0.05, 0.1) is 0 Å². The third-order valence-corrected chi connectivity index (χ3v) is 4.35. The fourth-order valence-electron chi connectivity index (χ4n) is 3.04. The number of hydrogen-bond acceptors (Lipinski definition) is 0. The molecule has 0 unspecified atom stereocenters. The van der Waals surface area contributed by atoms with Gasteiger partial charge in [-0.25, -0.2) is 0 Å². The largest absolute Gasteiger partial charge is 0.0654 e. The summed E-state index contributed by atoms with van der Waals surface area (Å²) < 4.78 is 0. The highest BCUT2D eigenvalue weighted by Crippen LogP contribution is 2.23. The van der Waals surface area contributed by atoms with Gasteiger partial charge < -0.3 is 0 Å². The Labute approximate surface area is 127 Å². The highest BCUT2D eigenvalue weighted by atomic mass is 14.1. The summed E-state index contributed by atoms with van der Waals surface area (Å²) in [6, 6.07) is 11.0. The van der Waals surface area contributed by atoms with Gasteiger partial charge in [0.25, 0.3) is 0 Å². The monoisotopic (exact) mass is 274 g/mol. The van der Waals surface area contributed by atoms with Crippen molar-refractivity contribution in [3.8, 4) is 0 Å². The molecule has 0 saturated carbocycles. The second-order valence-corrected chi connectivity index (χ2v) is 6.24. The summed E-state index contributed by atoms with van der Waals surface area (Å²) in [6.45, 7) is 4.61. The molecular weight excluding hydrogens is 240 g/mol. The predicted molar refractivity (Wildman–Crippen MR) is 91.2 cm³/mol. The Balaban J connectivity index is 2.23. The van der Waals surface area contributed by atoms with Gasteiger partial charge in [-0.3, -0.25) is 0 Å². The Bertz CT molecular complexity index is 291. The van der Waals surface area contributed by atoms with Crippen LogP contribution >= 0.6 is 0 Å². The van der Waals surface area contributed by atoms with Crippen molar-refractivity contribution in [1.82, 2.24) is 0 Å². The quantitative estimate of drug-likeness (QED) is 0.368. The number of rotatable bonds is 12. The molecule has 0 heteroatoms. The first-order chi connectivity index (χ1) is 9.86. The van der Waals surface area contributed by atoms with Crippen molar-refractivity contribution in [1.29, 1.82) is 0 Å². The molecule has 0 N–H and O–H groups in total. The number of unbranched alkanes of at least 4 members (excludes halogenated alkanes) is 4. The average Bonchev–Trinajstić information content (AvgIpc) is 2.48. The van der Waals surface area contributed by atoms with Crippen LogP contribution in [0.3, 0.4) is 0 Å². The molecule has 0 bridgehead atoms. The van der Waals surface area contributed by atoms with E-state index >= 15 is 0 Å². The molecule has 0 fully saturated rings. The first-order valence-corrected chi connectivity index (χ1v) is 8.90. The Morgan fingerprint density at radius 2 is 1.25 bits per heavy atom. The molecule has 0 heterocycles. The maximum atomic E-state index is 2.31. The smallest absolute Gasteiger partial charge is 0.0279 e. The van der Waals surface area contributed by atoms with E-state index in [1.54, 1.807) is 0 Å². The van der Waals surface area contributed by atoms with Crippen molar-refractivity contribution < 1.29 is 0 Å². The van der Waals surface area contributed by atoms with Gasteiger partial charge in [0.2, 0.25) is 0 Å². The molecular formula is C20H34. The molecule has 0 aliphatic heterocycles. The first-order valence-electron chi connectivity index (χ1n) is 8.90. The van der Waals surface area contributed by atoms with Gasteiger partial charge >= 0.3 is 0 Å². The SMILES string of the molecule is CCCCCC(CCCCC)CCCc1ccccc1. The van der Waals surface area contributed by atoms with E-state index < -0.39 is 0 Å². The number of benzene rings is 1. The van der Waals surface area contributed by atoms with Gasteiger partial charge in [0, 0.05) is 0 Å². The summed E-state index contributed by atoms with van der Waals surface area (Å²) in [6.07, 6.45) is 15.4. The molecule has 114 valence electrons. The van der Waals surface area contributed by atoms with E-state index in [-0.39, 0.29) is 0 Å². The summed E-state index contributed by atoms with van der Waals surface area (Å²) in [7, 11) is 0. The van der Waals surface area contributed by atoms with Crippen molar-refractivity contribution in [3.05, 3.63) is 35.9 Å². The number of aryl methyl sites for hydroxylation is 1. The Kier molecular flexibility index (Phi) is 10.4. The maximum Gasteiger partial charge on any atom is -0.0279 e. The minimum atomic E-state index is 0.983. The molecule has 0 aliphatic carbocycles. The van der Waals surface area contributed by atoms with Crippen LogP contribution in [-0.4, -0.2) is 0 Å². The lowest BCUT2D eigenvalue weighted by molar-refractivity contribution is 0.377. The van der Waals surface area contributed by atoms with Crippen molar-refractivity contribution >= 4 is 0 Å². The topological polar surface area (TPSA) is 0 Å². The highest BCUT2D eigenvalue weighted by Gasteiger charge is 2.08. The Hall–Kier alpha value is -0.780. The van der Waals surface area contributed by atoms with E-state index in [2.05, 4.69) is 44.2 Å². The maximum absolute atomic E-state index is 2.31. The zero-order chi connectivity index (χ0) is 14.5. The van der Waals surface area contributed by atoms with Gasteiger partial charge in [-0.15, -0.1) is 0 Å². The lowest BCUT2D eigenvalue weighted by Crippen LogP contribution is -2.02. The van der Waals surface area contributed by atoms with Crippen molar-refractivity contribution in [2.45, 2.75) is 84.5 Å². The van der Waals surface area contributed by atoms with Crippen LogP contribution in [0.25, 0.3) is 0 Å². The van der Waals surface area contributed by atoms with Gasteiger partial charge in [0.15, 0.2) is 0 Å². The molecule has 0 atom stereocenters. The summed E-state index contributed by atoms with van der Waals surface area (Å²) in [5.41, 5.74) is 1.51. The van der Waals surface area contributed by atoms with Crippen LogP contribution in [0.2, 0.25) is 0 Å². The van der Waals surface area contributed by atoms with Gasteiger partial charge in [0.1, 0.15) is 0 Å². The first kappa shape index (κ1) is 17.3. The Morgan fingerprint density at radius 3 is 1.80 bits per heavy atom. The van der Waals surface area contributed by atoms with Gasteiger partial charge in [-0.05, 0) is 24.3 Å². The lowest BCUT2D eigenvalue weighted by atomic mass is 9.90. The summed E-state index contributed by atoms with van der Waals surface area (Å²) in [5.74, 6) is 0.983. The summed E-state index contributed by atoms with van der Waals surface area (Å²) in [4.78, 5) is 0. The molecule has 0 radical (unpaired) electrons. The number of hydrogen-bond donors (Lipinski definition) is 0. The van der Waals surface area contributed by atoms with Gasteiger partial charge in [-0.2, -0.15) is 0 Å². The van der Waals surface area contributed by atoms with Crippen LogP contribution in [0, 0.1) is 5.92 Å². The molecule has 1 rings (SSSR count). The van der Waals surface area contributed by atoms with Crippen LogP contribution in [0.15, 0.2) is 30.3 Å². The zero-order valence-electron chi connectivity index (χ0n) is 13.7. The van der Waals surface area contributed by atoms with E-state index in [9.17, 15) is 0 Å². The summed E-state index contributed by atoms with van der Waals surface area (Å²) >= 11 is 0. The zero-order valence-corrected chi connectivity index (χ0v) is 13.7. The van der Waals surface area contributed by atoms with Crippen LogP contribution in [0.1, 0.15) is 83.6 Å². The lowest BCUT2D eigenvalue weighted by Gasteiger charge is -2.16. The third kappa shape index (κ3) is 8.40. The summed E-state index contributed by atoms with van der Waals surface area (Å²) in [5, 5.41) is 0. The van der Waals surface area contributed by atoms with E-state index in [0.717, 1.165) is 5.92 Å². The van der Waals surface area contributed by atoms with Crippen molar-refractivity contribution in [2.24, 2.45) is 5.92 Å². The fraction of sp³-hybridized carbons (Fsp3) is 0.700. The molecule has 0 spiro atoms. The normalized spacial score (nSPS) is 11.2. The van der Waals surface area contributed by atoms with E-state index in [1.165, 1.54) is 76.2 Å². The third-order valence-electron chi connectivity index (χ3n) is 4.35. The molecule has 0 amide bonds. The molecule has 0 nitrogen and oxygen atoms in total. The van der Waals surface area contributed by atoms with Crippen LogP contribution in [0.5, 0.6) is 0 Å². The average molecular weight is 274 g/mol. The van der Waals surface area contributed by atoms with Gasteiger partial charge in [-0.1, -0.05) is 102 Å². The van der Waals surface area contributed by atoms with Crippen LogP contribution in [0.4, 0.5) is 0 Å². The van der Waals surface area contributed by atoms with Crippen LogP contribution in [-0.2, 0) is 6.42 Å². The predicted octanol–water partition coefficient (Wildman–Crippen LogP) is 6.79. The van der Waals surface area contributed by atoms with E-state index in [1.807, 2.05) is 0 Å². The molecule has 0 aliphatic rings. The molecule has 20 heavy (non-hydrogen) atoms. The van der Waals surface area contributed by atoms with Crippen molar-refractivity contribution in [3.63, 3.8) is 0 Å². The van der Waals surface area contributed by atoms with E-state index in [0.29, 0.717) is 0 Å². The standard InChI is InChI=1S/C20H34/c1-3-5-8-13-19(14-9-6-4-2)17-12-18-20-15-10-7-11-16-20/h7,10-11,15-16,19H,3-6,8-9,12-14,17-18H2,1-2H3. The molecule has 0 aromatic heterocycles. The van der Waals surface area contributed by atoms with Crippen molar-refractivity contribution in [2.75, 3.05) is 0 Å². The molecule has 1 aromatic carbocycles.